The molecule has 0 fully saturated rings. The van der Waals surface area contributed by atoms with E-state index in [1.54, 1.807) is 0 Å². The van der Waals surface area contributed by atoms with Crippen LogP contribution in [0.25, 0.3) is 112 Å². The molecule has 0 saturated heterocycles. The van der Waals surface area contributed by atoms with Crippen molar-refractivity contribution in [3.05, 3.63) is 182 Å². The van der Waals surface area contributed by atoms with Gasteiger partial charge in [0.2, 0.25) is 11.4 Å². The van der Waals surface area contributed by atoms with E-state index >= 15 is 0 Å². The van der Waals surface area contributed by atoms with Crippen LogP contribution in [0.4, 0.5) is 0 Å². The zero-order valence-corrected chi connectivity index (χ0v) is 29.9. The number of rotatable bonds is 6. The van der Waals surface area contributed by atoms with Crippen molar-refractivity contribution in [2.45, 2.75) is 0 Å². The molecule has 0 N–H and O–H groups in total. The van der Waals surface area contributed by atoms with Crippen LogP contribution in [0.15, 0.2) is 191 Å². The summed E-state index contributed by atoms with van der Waals surface area (Å²) in [7, 11) is 0. The lowest BCUT2D eigenvalue weighted by atomic mass is 9.96. The van der Waals surface area contributed by atoms with Gasteiger partial charge < -0.3 is 8.83 Å². The monoisotopic (exact) mass is 718 g/mol. The molecule has 4 heterocycles. The van der Waals surface area contributed by atoms with E-state index in [4.69, 9.17) is 28.8 Å². The summed E-state index contributed by atoms with van der Waals surface area (Å²) in [5, 5.41) is 3.58. The van der Waals surface area contributed by atoms with Crippen molar-refractivity contribution < 1.29 is 8.83 Å². The Labute approximate surface area is 321 Å². The van der Waals surface area contributed by atoms with Crippen LogP contribution in [-0.4, -0.2) is 19.9 Å². The molecule has 4 aromatic heterocycles. The summed E-state index contributed by atoms with van der Waals surface area (Å²) in [6, 6.07) is 61.8. The molecule has 0 aliphatic carbocycles. The van der Waals surface area contributed by atoms with Gasteiger partial charge >= 0.3 is 0 Å². The van der Waals surface area contributed by atoms with E-state index in [1.807, 2.05) is 84.9 Å². The predicted molar refractivity (Wildman–Crippen MR) is 225 cm³/mol. The Kier molecular flexibility index (Phi) is 7.38. The summed E-state index contributed by atoms with van der Waals surface area (Å²) in [4.78, 5) is 20.8. The molecule has 7 aromatic carbocycles. The molecule has 0 spiro atoms. The number of furan rings is 2. The van der Waals surface area contributed by atoms with Crippen LogP contribution in [0.5, 0.6) is 0 Å². The highest BCUT2D eigenvalue weighted by Gasteiger charge is 2.24. The quantitative estimate of drug-likeness (QED) is 0.170. The summed E-state index contributed by atoms with van der Waals surface area (Å²) in [6.07, 6.45) is 0. The highest BCUT2D eigenvalue weighted by Crippen LogP contribution is 2.43. The molecule has 262 valence electrons. The molecule has 6 heteroatoms. The van der Waals surface area contributed by atoms with Gasteiger partial charge in [0, 0.05) is 33.0 Å². The standard InChI is InChI=1S/C50H30N4O2/c1-3-13-31(14-4-1)33-23-27-35(28-24-33)47-51-45(43-39-19-9-11-21-41(39)55-49(43)53-47)37-17-7-8-18-38(37)46-44-40-20-10-12-22-42(40)56-50(44)54-48(52-46)36-29-25-34(26-30-36)32-15-5-2-6-16-32/h1-30H. The highest BCUT2D eigenvalue weighted by atomic mass is 16.3. The maximum absolute atomic E-state index is 6.46. The van der Waals surface area contributed by atoms with Crippen LogP contribution in [0.1, 0.15) is 0 Å². The second-order valence-corrected chi connectivity index (χ2v) is 13.8. The number of fused-ring (bicyclic) bond motifs is 6. The molecule has 0 aliphatic rings. The summed E-state index contributed by atoms with van der Waals surface area (Å²) in [5.41, 5.74) is 12.2. The summed E-state index contributed by atoms with van der Waals surface area (Å²) in [6.45, 7) is 0. The maximum Gasteiger partial charge on any atom is 0.231 e. The lowest BCUT2D eigenvalue weighted by molar-refractivity contribution is 0.653. The number of hydrogen-bond acceptors (Lipinski definition) is 6. The average Bonchev–Trinajstić information content (AvgIpc) is 3.85. The van der Waals surface area contributed by atoms with Gasteiger partial charge in [-0.05, 0) is 34.4 Å². The van der Waals surface area contributed by atoms with Gasteiger partial charge in [0.05, 0.1) is 22.2 Å². The van der Waals surface area contributed by atoms with E-state index in [0.717, 1.165) is 88.6 Å². The predicted octanol–water partition coefficient (Wildman–Crippen LogP) is 13.1. The number of nitrogens with zero attached hydrogens (tertiary/aromatic N) is 4. The van der Waals surface area contributed by atoms with Crippen molar-refractivity contribution in [1.82, 2.24) is 19.9 Å². The van der Waals surface area contributed by atoms with Crippen molar-refractivity contribution in [1.29, 1.82) is 0 Å². The largest absolute Gasteiger partial charge is 0.438 e. The van der Waals surface area contributed by atoms with E-state index in [0.29, 0.717) is 23.1 Å². The van der Waals surface area contributed by atoms with E-state index in [9.17, 15) is 0 Å². The van der Waals surface area contributed by atoms with Crippen molar-refractivity contribution in [2.75, 3.05) is 0 Å². The third-order valence-electron chi connectivity index (χ3n) is 10.4. The Balaban J connectivity index is 1.13. The Bertz CT molecular complexity index is 3000. The second-order valence-electron chi connectivity index (χ2n) is 13.8. The second kappa shape index (κ2) is 13.0. The van der Waals surface area contributed by atoms with Crippen molar-refractivity contribution in [3.8, 4) is 67.5 Å². The van der Waals surface area contributed by atoms with E-state index in [-0.39, 0.29) is 0 Å². The summed E-state index contributed by atoms with van der Waals surface area (Å²) < 4.78 is 12.9. The molecular weight excluding hydrogens is 689 g/mol. The SMILES string of the molecule is c1ccc(-c2ccc(-c3nc(-c4ccccc4-c4nc(-c5ccc(-c6ccccc6)cc5)nc5oc6ccccc6c45)c4c(n3)oc3ccccc34)cc2)cc1. The Morgan fingerprint density at radius 2 is 0.625 bits per heavy atom. The maximum atomic E-state index is 6.46. The zero-order chi connectivity index (χ0) is 37.0. The fourth-order valence-corrected chi connectivity index (χ4v) is 7.68. The normalized spacial score (nSPS) is 11.6. The average molecular weight is 719 g/mol. The fourth-order valence-electron chi connectivity index (χ4n) is 7.68. The van der Waals surface area contributed by atoms with Crippen LogP contribution in [-0.2, 0) is 0 Å². The molecule has 56 heavy (non-hydrogen) atoms. The smallest absolute Gasteiger partial charge is 0.231 e. The summed E-state index contributed by atoms with van der Waals surface area (Å²) >= 11 is 0. The Morgan fingerprint density at radius 1 is 0.286 bits per heavy atom. The molecule has 11 aromatic rings. The van der Waals surface area contributed by atoms with E-state index < -0.39 is 0 Å². The molecule has 0 atom stereocenters. The Morgan fingerprint density at radius 3 is 1.05 bits per heavy atom. The number of benzene rings is 7. The number of para-hydroxylation sites is 2. The van der Waals surface area contributed by atoms with E-state index in [1.165, 1.54) is 0 Å². The molecule has 0 amide bonds. The Hall–Kier alpha value is -7.70. The lowest BCUT2D eigenvalue weighted by Gasteiger charge is -2.13. The first kappa shape index (κ1) is 31.8. The van der Waals surface area contributed by atoms with Gasteiger partial charge in [0.15, 0.2) is 11.6 Å². The number of aromatic nitrogens is 4. The van der Waals surface area contributed by atoms with Crippen molar-refractivity contribution in [2.24, 2.45) is 0 Å². The molecule has 0 unspecified atom stereocenters. The minimum absolute atomic E-state index is 0.522. The first-order valence-corrected chi connectivity index (χ1v) is 18.6. The highest BCUT2D eigenvalue weighted by molar-refractivity contribution is 6.15. The molecule has 11 rings (SSSR count). The zero-order valence-electron chi connectivity index (χ0n) is 29.9. The van der Waals surface area contributed by atoms with Crippen LogP contribution < -0.4 is 0 Å². The molecule has 0 bridgehead atoms. The van der Waals surface area contributed by atoms with E-state index in [2.05, 4.69) is 97.1 Å². The molecule has 0 saturated carbocycles. The molecule has 6 nitrogen and oxygen atoms in total. The van der Waals surface area contributed by atoms with Crippen molar-refractivity contribution >= 4 is 44.1 Å². The first-order valence-electron chi connectivity index (χ1n) is 18.6. The minimum Gasteiger partial charge on any atom is -0.438 e. The number of hydrogen-bond donors (Lipinski definition) is 0. The van der Waals surface area contributed by atoms with Crippen LogP contribution in [0, 0.1) is 0 Å². The van der Waals surface area contributed by atoms with Crippen LogP contribution in [0.3, 0.4) is 0 Å². The minimum atomic E-state index is 0.522. The fraction of sp³-hybridized carbons (Fsp3) is 0. The van der Waals surface area contributed by atoms with Gasteiger partial charge in [0.25, 0.3) is 0 Å². The van der Waals surface area contributed by atoms with Gasteiger partial charge in [-0.3, -0.25) is 0 Å². The lowest BCUT2D eigenvalue weighted by Crippen LogP contribution is -1.98. The summed E-state index contributed by atoms with van der Waals surface area (Å²) in [5.74, 6) is 1.14. The van der Waals surface area contributed by atoms with Gasteiger partial charge in [0.1, 0.15) is 11.2 Å². The topological polar surface area (TPSA) is 77.8 Å². The van der Waals surface area contributed by atoms with Gasteiger partial charge in [-0.2, -0.15) is 9.97 Å². The molecule has 0 radical (unpaired) electrons. The molecule has 0 aliphatic heterocycles. The first-order chi connectivity index (χ1) is 27.7. The van der Waals surface area contributed by atoms with Gasteiger partial charge in [-0.15, -0.1) is 0 Å². The molecular formula is C50H30N4O2. The third-order valence-corrected chi connectivity index (χ3v) is 10.4. The third kappa shape index (κ3) is 5.35. The van der Waals surface area contributed by atoms with Gasteiger partial charge in [-0.25, -0.2) is 9.97 Å². The van der Waals surface area contributed by atoms with Crippen LogP contribution >= 0.6 is 0 Å². The van der Waals surface area contributed by atoms with Crippen LogP contribution in [0.2, 0.25) is 0 Å². The van der Waals surface area contributed by atoms with Crippen molar-refractivity contribution in [3.63, 3.8) is 0 Å². The van der Waals surface area contributed by atoms with Gasteiger partial charge in [-0.1, -0.05) is 170 Å².